The smallest absolute Gasteiger partial charge is 0.270 e. The molecule has 2 unspecified atom stereocenters. The molecule has 2 atom stereocenters. The summed E-state index contributed by atoms with van der Waals surface area (Å²) in [6, 6.07) is 6.85. The Kier molecular flexibility index (Phi) is 3.96. The van der Waals surface area contributed by atoms with Gasteiger partial charge in [-0.1, -0.05) is 18.9 Å². The molecule has 3 rings (SSSR count). The van der Waals surface area contributed by atoms with Gasteiger partial charge in [0.25, 0.3) is 5.91 Å². The van der Waals surface area contributed by atoms with Crippen molar-refractivity contribution in [3.63, 3.8) is 0 Å². The average Bonchev–Trinajstić information content (AvgIpc) is 3.04. The number of nitrogens with zero attached hydrogens (tertiary/aromatic N) is 3. The molecule has 2 heterocycles. The molecule has 0 radical (unpaired) electrons. The second kappa shape index (κ2) is 6.05. The van der Waals surface area contributed by atoms with E-state index in [1.54, 1.807) is 41.3 Å². The van der Waals surface area contributed by atoms with Crippen LogP contribution in [0.5, 0.6) is 0 Å². The number of carbonyl (C=O) groups excluding carboxylic acids is 1. The Bertz CT molecular complexity index is 612. The van der Waals surface area contributed by atoms with Crippen molar-refractivity contribution < 1.29 is 9.90 Å². The largest absolute Gasteiger partial charge is 0.391 e. The number of carbonyl (C=O) groups is 1. The predicted octanol–water partition coefficient (Wildman–Crippen LogP) is 1.30. The zero-order valence-corrected chi connectivity index (χ0v) is 11.6. The summed E-state index contributed by atoms with van der Waals surface area (Å²) in [7, 11) is 0. The van der Waals surface area contributed by atoms with Crippen LogP contribution >= 0.6 is 0 Å². The van der Waals surface area contributed by atoms with Crippen LogP contribution in [0.15, 0.2) is 36.7 Å². The Morgan fingerprint density at radius 3 is 2.90 bits per heavy atom. The summed E-state index contributed by atoms with van der Waals surface area (Å²) in [6.07, 6.45) is 6.57. The summed E-state index contributed by atoms with van der Waals surface area (Å²) in [5, 5.41) is 16.9. The number of hydrogen-bond acceptors (Lipinski definition) is 4. The summed E-state index contributed by atoms with van der Waals surface area (Å²) in [6.45, 7) is 0. The molecule has 0 spiro atoms. The van der Waals surface area contributed by atoms with Crippen molar-refractivity contribution in [1.29, 1.82) is 0 Å². The van der Waals surface area contributed by atoms with Crippen LogP contribution in [0.25, 0.3) is 5.82 Å². The van der Waals surface area contributed by atoms with Crippen molar-refractivity contribution in [1.82, 2.24) is 20.1 Å². The highest BCUT2D eigenvalue weighted by Gasteiger charge is 2.25. The van der Waals surface area contributed by atoms with Crippen LogP contribution in [-0.4, -0.2) is 37.9 Å². The van der Waals surface area contributed by atoms with Gasteiger partial charge in [0.05, 0.1) is 12.1 Å². The Hall–Kier alpha value is -2.21. The Morgan fingerprint density at radius 2 is 2.14 bits per heavy atom. The van der Waals surface area contributed by atoms with Gasteiger partial charge in [0, 0.05) is 12.4 Å². The normalized spacial score (nSPS) is 22.0. The molecular formula is C15H18N4O2. The van der Waals surface area contributed by atoms with Crippen LogP contribution < -0.4 is 5.32 Å². The van der Waals surface area contributed by atoms with E-state index in [1.165, 1.54) is 0 Å². The topological polar surface area (TPSA) is 80.0 Å². The molecule has 2 aromatic heterocycles. The number of hydrogen-bond donors (Lipinski definition) is 2. The molecule has 0 aromatic carbocycles. The maximum Gasteiger partial charge on any atom is 0.270 e. The van der Waals surface area contributed by atoms with Gasteiger partial charge >= 0.3 is 0 Å². The van der Waals surface area contributed by atoms with Crippen molar-refractivity contribution in [2.24, 2.45) is 0 Å². The Balaban J connectivity index is 1.74. The number of aliphatic hydroxyl groups is 1. The number of pyridine rings is 1. The van der Waals surface area contributed by atoms with E-state index < -0.39 is 6.10 Å². The first-order valence-corrected chi connectivity index (χ1v) is 7.20. The lowest BCUT2D eigenvalue weighted by Gasteiger charge is -2.28. The molecule has 1 amide bonds. The van der Waals surface area contributed by atoms with Gasteiger partial charge in [0.1, 0.15) is 5.69 Å². The fourth-order valence-corrected chi connectivity index (χ4v) is 2.60. The lowest BCUT2D eigenvalue weighted by molar-refractivity contribution is 0.0714. The zero-order chi connectivity index (χ0) is 14.7. The molecule has 2 N–H and O–H groups in total. The highest BCUT2D eigenvalue weighted by molar-refractivity contribution is 5.92. The van der Waals surface area contributed by atoms with Gasteiger partial charge in [0.15, 0.2) is 5.82 Å². The molecular weight excluding hydrogens is 268 g/mol. The van der Waals surface area contributed by atoms with E-state index in [0.29, 0.717) is 11.5 Å². The molecule has 1 fully saturated rings. The average molecular weight is 286 g/mol. The van der Waals surface area contributed by atoms with Crippen LogP contribution in [0.1, 0.15) is 36.2 Å². The van der Waals surface area contributed by atoms with Crippen LogP contribution in [0.4, 0.5) is 0 Å². The SMILES string of the molecule is O=C(NC1CCCCC1O)c1cccc(-n2cccn2)n1. The molecule has 6 heteroatoms. The van der Waals surface area contributed by atoms with Crippen LogP contribution in [-0.2, 0) is 0 Å². The molecule has 6 nitrogen and oxygen atoms in total. The minimum atomic E-state index is -0.461. The summed E-state index contributed by atoms with van der Waals surface area (Å²) >= 11 is 0. The molecule has 0 saturated heterocycles. The first kappa shape index (κ1) is 13.8. The maximum absolute atomic E-state index is 12.3. The summed E-state index contributed by atoms with van der Waals surface area (Å²) in [5.41, 5.74) is 0.334. The van der Waals surface area contributed by atoms with E-state index in [0.717, 1.165) is 25.7 Å². The van der Waals surface area contributed by atoms with Crippen molar-refractivity contribution >= 4 is 5.91 Å². The third kappa shape index (κ3) is 3.11. The minimum Gasteiger partial charge on any atom is -0.391 e. The number of aliphatic hydroxyl groups excluding tert-OH is 1. The predicted molar refractivity (Wildman–Crippen MR) is 77.1 cm³/mol. The number of nitrogens with one attached hydrogen (secondary N) is 1. The first-order valence-electron chi connectivity index (χ1n) is 7.20. The lowest BCUT2D eigenvalue weighted by Crippen LogP contribution is -2.45. The minimum absolute atomic E-state index is 0.179. The standard InChI is InChI=1S/C15H18N4O2/c20-13-7-2-1-5-11(13)18-15(21)12-6-3-8-14(17-12)19-10-4-9-16-19/h3-4,6,8-11,13,20H,1-2,5,7H2,(H,18,21). The number of rotatable bonds is 3. The van der Waals surface area contributed by atoms with Gasteiger partial charge in [-0.2, -0.15) is 5.10 Å². The zero-order valence-electron chi connectivity index (χ0n) is 11.6. The van der Waals surface area contributed by atoms with Crippen LogP contribution in [0, 0.1) is 0 Å². The second-order valence-electron chi connectivity index (χ2n) is 5.26. The Morgan fingerprint density at radius 1 is 1.29 bits per heavy atom. The summed E-state index contributed by atoms with van der Waals surface area (Å²) in [5.74, 6) is 0.340. The van der Waals surface area contributed by atoms with Gasteiger partial charge in [-0.3, -0.25) is 4.79 Å². The molecule has 21 heavy (non-hydrogen) atoms. The lowest BCUT2D eigenvalue weighted by atomic mass is 9.92. The van der Waals surface area contributed by atoms with Gasteiger partial charge in [-0.15, -0.1) is 0 Å². The van der Waals surface area contributed by atoms with E-state index in [9.17, 15) is 9.90 Å². The van der Waals surface area contributed by atoms with Crippen molar-refractivity contribution in [3.8, 4) is 5.82 Å². The molecule has 110 valence electrons. The monoisotopic (exact) mass is 286 g/mol. The quantitative estimate of drug-likeness (QED) is 0.891. The van der Waals surface area contributed by atoms with E-state index in [2.05, 4.69) is 15.4 Å². The molecule has 2 aromatic rings. The van der Waals surface area contributed by atoms with Crippen molar-refractivity contribution in [2.75, 3.05) is 0 Å². The van der Waals surface area contributed by atoms with Gasteiger partial charge in [-0.25, -0.2) is 9.67 Å². The van der Waals surface area contributed by atoms with Gasteiger partial charge in [0.2, 0.25) is 0 Å². The summed E-state index contributed by atoms with van der Waals surface area (Å²) in [4.78, 5) is 16.6. The third-order valence-electron chi connectivity index (χ3n) is 3.75. The highest BCUT2D eigenvalue weighted by Crippen LogP contribution is 2.18. The number of amides is 1. The Labute approximate surface area is 122 Å². The van der Waals surface area contributed by atoms with Crippen LogP contribution in [0.3, 0.4) is 0 Å². The highest BCUT2D eigenvalue weighted by atomic mass is 16.3. The molecule has 0 aliphatic heterocycles. The van der Waals surface area contributed by atoms with Crippen molar-refractivity contribution in [2.45, 2.75) is 37.8 Å². The third-order valence-corrected chi connectivity index (χ3v) is 3.75. The summed E-state index contributed by atoms with van der Waals surface area (Å²) < 4.78 is 1.60. The van der Waals surface area contributed by atoms with Gasteiger partial charge in [-0.05, 0) is 31.0 Å². The van der Waals surface area contributed by atoms with Crippen LogP contribution in [0.2, 0.25) is 0 Å². The maximum atomic E-state index is 12.3. The molecule has 0 bridgehead atoms. The van der Waals surface area contributed by atoms with E-state index in [4.69, 9.17) is 0 Å². The first-order chi connectivity index (χ1) is 10.2. The van der Waals surface area contributed by atoms with Gasteiger partial charge < -0.3 is 10.4 Å². The fourth-order valence-electron chi connectivity index (χ4n) is 2.60. The molecule has 1 aliphatic rings. The fraction of sp³-hybridized carbons (Fsp3) is 0.400. The molecule has 1 aliphatic carbocycles. The van der Waals surface area contributed by atoms with E-state index >= 15 is 0 Å². The molecule has 1 saturated carbocycles. The van der Waals surface area contributed by atoms with Crippen molar-refractivity contribution in [3.05, 3.63) is 42.4 Å². The second-order valence-corrected chi connectivity index (χ2v) is 5.26. The van der Waals surface area contributed by atoms with E-state index in [-0.39, 0.29) is 11.9 Å². The number of aromatic nitrogens is 3. The van der Waals surface area contributed by atoms with E-state index in [1.807, 2.05) is 0 Å².